The fraction of sp³-hybridized carbons (Fsp3) is 0.167. The summed E-state index contributed by atoms with van der Waals surface area (Å²) in [5.74, 6) is -0.202. The summed E-state index contributed by atoms with van der Waals surface area (Å²) in [6.07, 6.45) is 0.0119. The molecule has 0 atom stereocenters. The number of imidazole rings is 1. The number of rotatable bonds is 7. The van der Waals surface area contributed by atoms with Crippen LogP contribution in [0.3, 0.4) is 0 Å². The molecule has 1 heterocycles. The van der Waals surface area contributed by atoms with Crippen LogP contribution in [0.1, 0.15) is 6.42 Å². The molecule has 33 heavy (non-hydrogen) atoms. The van der Waals surface area contributed by atoms with Crippen LogP contribution in [0.5, 0.6) is 5.75 Å². The van der Waals surface area contributed by atoms with Gasteiger partial charge in [-0.25, -0.2) is 13.2 Å². The normalized spacial score (nSPS) is 11.5. The molecule has 0 aliphatic carbocycles. The summed E-state index contributed by atoms with van der Waals surface area (Å²) in [5.41, 5.74) is 1.78. The average molecular weight is 466 g/mol. The van der Waals surface area contributed by atoms with E-state index < -0.39 is 16.0 Å². The second-order valence-electron chi connectivity index (χ2n) is 7.49. The van der Waals surface area contributed by atoms with E-state index in [0.29, 0.717) is 11.4 Å². The van der Waals surface area contributed by atoms with E-state index in [4.69, 9.17) is 4.74 Å². The largest absolute Gasteiger partial charge is 0.426 e. The number of para-hydroxylation sites is 2. The molecule has 0 bridgehead atoms. The van der Waals surface area contributed by atoms with Gasteiger partial charge in [-0.3, -0.25) is 18.2 Å². The first-order valence-electron chi connectivity index (χ1n) is 10.3. The summed E-state index contributed by atoms with van der Waals surface area (Å²) in [4.78, 5) is 25.0. The molecular formula is C24H23N3O5S. The molecule has 4 aromatic rings. The van der Waals surface area contributed by atoms with Gasteiger partial charge in [0.2, 0.25) is 0 Å². The molecule has 8 nitrogen and oxygen atoms in total. The molecule has 3 aromatic carbocycles. The van der Waals surface area contributed by atoms with Crippen molar-refractivity contribution in [2.45, 2.75) is 17.9 Å². The Bertz CT molecular complexity index is 1460. The molecule has 0 N–H and O–H groups in total. The van der Waals surface area contributed by atoms with Crippen molar-refractivity contribution in [2.75, 3.05) is 11.4 Å². The van der Waals surface area contributed by atoms with Gasteiger partial charge in [0.1, 0.15) is 5.75 Å². The summed E-state index contributed by atoms with van der Waals surface area (Å²) in [6.45, 7) is 0.190. The summed E-state index contributed by atoms with van der Waals surface area (Å²) in [6, 6.07) is 21.7. The molecule has 0 saturated heterocycles. The Morgan fingerprint density at radius 3 is 2.18 bits per heavy atom. The lowest BCUT2D eigenvalue weighted by Gasteiger charge is -2.19. The van der Waals surface area contributed by atoms with E-state index in [0.717, 1.165) is 11.0 Å². The molecule has 0 saturated carbocycles. The van der Waals surface area contributed by atoms with Crippen LogP contribution in [0.25, 0.3) is 11.0 Å². The highest BCUT2D eigenvalue weighted by Crippen LogP contribution is 2.24. The fourth-order valence-electron chi connectivity index (χ4n) is 3.58. The van der Waals surface area contributed by atoms with Gasteiger partial charge in [-0.2, -0.15) is 0 Å². The van der Waals surface area contributed by atoms with Gasteiger partial charge in [-0.15, -0.1) is 0 Å². The number of hydrogen-bond acceptors (Lipinski definition) is 5. The molecule has 4 rings (SSSR count). The van der Waals surface area contributed by atoms with Crippen LogP contribution < -0.4 is 14.7 Å². The molecular weight excluding hydrogens is 442 g/mol. The maximum Gasteiger partial charge on any atom is 0.328 e. The van der Waals surface area contributed by atoms with Crippen LogP contribution in [-0.2, 0) is 28.4 Å². The number of aromatic nitrogens is 2. The molecule has 0 spiro atoms. The zero-order chi connectivity index (χ0) is 23.6. The number of ether oxygens (including phenoxy) is 1. The van der Waals surface area contributed by atoms with Crippen LogP contribution in [-0.4, -0.2) is 30.6 Å². The Balaban J connectivity index is 1.42. The second kappa shape index (κ2) is 8.95. The first kappa shape index (κ1) is 22.3. The monoisotopic (exact) mass is 465 g/mol. The maximum atomic E-state index is 12.7. The Morgan fingerprint density at radius 2 is 1.52 bits per heavy atom. The van der Waals surface area contributed by atoms with Gasteiger partial charge in [-0.05, 0) is 48.5 Å². The maximum absolute atomic E-state index is 12.7. The molecule has 0 unspecified atom stereocenters. The van der Waals surface area contributed by atoms with E-state index in [1.54, 1.807) is 46.5 Å². The number of nitrogens with zero attached hydrogens (tertiary/aromatic N) is 3. The van der Waals surface area contributed by atoms with Crippen LogP contribution in [0.15, 0.2) is 88.6 Å². The third kappa shape index (κ3) is 4.40. The number of aryl methyl sites for hydroxylation is 2. The summed E-state index contributed by atoms with van der Waals surface area (Å²) >= 11 is 0. The molecule has 170 valence electrons. The predicted octanol–water partition coefficient (Wildman–Crippen LogP) is 3.16. The summed E-state index contributed by atoms with van der Waals surface area (Å²) in [5, 5.41) is 0. The number of carbonyl (C=O) groups is 1. The molecule has 0 aliphatic rings. The van der Waals surface area contributed by atoms with Crippen molar-refractivity contribution < 1.29 is 17.9 Å². The Kier molecular flexibility index (Phi) is 6.06. The standard InChI is InChI=1S/C24H23N3O5S/c1-25-21-10-6-7-11-22(21)27(24(25)29)17-16-23(28)32-19-14-12-18(13-15-19)26(2)33(30,31)20-8-4-3-5-9-20/h3-15H,16-17H2,1-2H3. The molecule has 9 heteroatoms. The van der Waals surface area contributed by atoms with E-state index in [-0.39, 0.29) is 23.6 Å². The average Bonchev–Trinajstić information content (AvgIpc) is 3.08. The van der Waals surface area contributed by atoms with E-state index in [9.17, 15) is 18.0 Å². The number of sulfonamides is 1. The highest BCUT2D eigenvalue weighted by molar-refractivity contribution is 7.92. The zero-order valence-corrected chi connectivity index (χ0v) is 19.0. The Labute approximate surface area is 191 Å². The van der Waals surface area contributed by atoms with Gasteiger partial charge in [0.05, 0.1) is 28.0 Å². The number of benzene rings is 3. The fourth-order valence-corrected chi connectivity index (χ4v) is 4.79. The lowest BCUT2D eigenvalue weighted by molar-refractivity contribution is -0.134. The number of esters is 1. The first-order valence-corrected chi connectivity index (χ1v) is 11.7. The first-order chi connectivity index (χ1) is 15.8. The number of hydrogen-bond donors (Lipinski definition) is 0. The van der Waals surface area contributed by atoms with Gasteiger partial charge in [0.15, 0.2) is 0 Å². The van der Waals surface area contributed by atoms with Crippen molar-refractivity contribution >= 4 is 32.7 Å². The van der Waals surface area contributed by atoms with E-state index >= 15 is 0 Å². The summed E-state index contributed by atoms with van der Waals surface area (Å²) in [7, 11) is -0.542. The minimum atomic E-state index is -3.70. The SMILES string of the molecule is CN(c1ccc(OC(=O)CCn2c(=O)n(C)c3ccccc32)cc1)S(=O)(=O)c1ccccc1. The molecule has 1 aromatic heterocycles. The van der Waals surface area contributed by atoms with Crippen LogP contribution in [0.2, 0.25) is 0 Å². The lowest BCUT2D eigenvalue weighted by atomic mass is 10.3. The minimum absolute atomic E-state index is 0.0119. The smallest absolute Gasteiger partial charge is 0.328 e. The molecule has 0 fully saturated rings. The predicted molar refractivity (Wildman–Crippen MR) is 126 cm³/mol. The van der Waals surface area contributed by atoms with Gasteiger partial charge >= 0.3 is 11.7 Å². The van der Waals surface area contributed by atoms with Crippen molar-refractivity contribution in [2.24, 2.45) is 7.05 Å². The lowest BCUT2D eigenvalue weighted by Crippen LogP contribution is -2.26. The highest BCUT2D eigenvalue weighted by atomic mass is 32.2. The Morgan fingerprint density at radius 1 is 0.909 bits per heavy atom. The van der Waals surface area contributed by atoms with E-state index in [2.05, 4.69) is 0 Å². The van der Waals surface area contributed by atoms with Gasteiger partial charge in [0, 0.05) is 20.6 Å². The van der Waals surface area contributed by atoms with Crippen molar-refractivity contribution in [3.63, 3.8) is 0 Å². The third-order valence-electron chi connectivity index (χ3n) is 5.42. The number of fused-ring (bicyclic) bond motifs is 1. The van der Waals surface area contributed by atoms with Gasteiger partial charge < -0.3 is 4.74 Å². The minimum Gasteiger partial charge on any atom is -0.426 e. The molecule has 0 aliphatic heterocycles. The topological polar surface area (TPSA) is 90.6 Å². The van der Waals surface area contributed by atoms with Crippen LogP contribution in [0, 0.1) is 0 Å². The number of carbonyl (C=O) groups excluding carboxylic acids is 1. The van der Waals surface area contributed by atoms with Crippen molar-refractivity contribution in [1.29, 1.82) is 0 Å². The number of anilines is 1. The van der Waals surface area contributed by atoms with Crippen molar-refractivity contribution in [1.82, 2.24) is 9.13 Å². The zero-order valence-electron chi connectivity index (χ0n) is 18.2. The van der Waals surface area contributed by atoms with Crippen molar-refractivity contribution in [3.8, 4) is 5.75 Å². The van der Waals surface area contributed by atoms with E-state index in [1.165, 1.54) is 35.6 Å². The highest BCUT2D eigenvalue weighted by Gasteiger charge is 2.21. The Hall–Kier alpha value is -3.85. The van der Waals surface area contributed by atoms with Crippen molar-refractivity contribution in [3.05, 3.63) is 89.3 Å². The molecule has 0 radical (unpaired) electrons. The second-order valence-corrected chi connectivity index (χ2v) is 9.45. The van der Waals surface area contributed by atoms with Gasteiger partial charge in [0.25, 0.3) is 10.0 Å². The molecule has 0 amide bonds. The van der Waals surface area contributed by atoms with Crippen LogP contribution >= 0.6 is 0 Å². The van der Waals surface area contributed by atoms with E-state index in [1.807, 2.05) is 24.3 Å². The summed E-state index contributed by atoms with van der Waals surface area (Å²) < 4.78 is 35.1. The van der Waals surface area contributed by atoms with Crippen LogP contribution in [0.4, 0.5) is 5.69 Å². The van der Waals surface area contributed by atoms with Gasteiger partial charge in [-0.1, -0.05) is 30.3 Å². The third-order valence-corrected chi connectivity index (χ3v) is 7.22. The quantitative estimate of drug-likeness (QED) is 0.309.